The first-order chi connectivity index (χ1) is 7.74. The van der Waals surface area contributed by atoms with Gasteiger partial charge in [0, 0.05) is 31.3 Å². The summed E-state index contributed by atoms with van der Waals surface area (Å²) in [4.78, 5) is 4.12. The van der Waals surface area contributed by atoms with Crippen molar-refractivity contribution in [2.75, 3.05) is 17.6 Å². The highest BCUT2D eigenvalue weighted by molar-refractivity contribution is 5.51. The fourth-order valence-electron chi connectivity index (χ4n) is 1.36. The van der Waals surface area contributed by atoms with Crippen LogP contribution in [0.4, 0.5) is 11.4 Å². The Hall–Kier alpha value is -2.04. The van der Waals surface area contributed by atoms with Crippen molar-refractivity contribution in [2.45, 2.75) is 13.3 Å². The highest BCUT2D eigenvalue weighted by Gasteiger charge is 2.01. The Labute approximate surface area is 93.7 Å². The number of aromatic nitrogens is 2. The van der Waals surface area contributed by atoms with Gasteiger partial charge in [-0.05, 0) is 24.3 Å². The summed E-state index contributed by atoms with van der Waals surface area (Å²) in [6.45, 7) is 2.55. The Morgan fingerprint density at radius 3 is 2.69 bits per heavy atom. The SMILES string of the molecule is Cc1nc(CCNc2ccc(N)cc2)no1. The zero-order valence-electron chi connectivity index (χ0n) is 9.10. The van der Waals surface area contributed by atoms with Crippen LogP contribution in [0, 0.1) is 6.92 Å². The van der Waals surface area contributed by atoms with Gasteiger partial charge in [-0.1, -0.05) is 5.16 Å². The maximum Gasteiger partial charge on any atom is 0.223 e. The van der Waals surface area contributed by atoms with Gasteiger partial charge in [-0.3, -0.25) is 0 Å². The maximum absolute atomic E-state index is 5.59. The van der Waals surface area contributed by atoms with Crippen molar-refractivity contribution in [1.82, 2.24) is 10.1 Å². The molecule has 1 aromatic carbocycles. The van der Waals surface area contributed by atoms with Gasteiger partial charge in [0.25, 0.3) is 0 Å². The fourth-order valence-corrected chi connectivity index (χ4v) is 1.36. The van der Waals surface area contributed by atoms with Crippen LogP contribution in [0.3, 0.4) is 0 Å². The van der Waals surface area contributed by atoms with E-state index in [4.69, 9.17) is 10.3 Å². The maximum atomic E-state index is 5.59. The predicted octanol–water partition coefficient (Wildman–Crippen LogP) is 1.61. The molecule has 1 heterocycles. The number of hydrogen-bond donors (Lipinski definition) is 2. The lowest BCUT2D eigenvalue weighted by atomic mass is 10.3. The molecule has 0 unspecified atom stereocenters. The van der Waals surface area contributed by atoms with E-state index in [0.29, 0.717) is 5.89 Å². The minimum Gasteiger partial charge on any atom is -0.399 e. The second-order valence-electron chi connectivity index (χ2n) is 3.53. The van der Waals surface area contributed by atoms with Crippen molar-refractivity contribution in [1.29, 1.82) is 0 Å². The smallest absolute Gasteiger partial charge is 0.223 e. The van der Waals surface area contributed by atoms with Crippen LogP contribution in [0.5, 0.6) is 0 Å². The van der Waals surface area contributed by atoms with E-state index < -0.39 is 0 Å². The summed E-state index contributed by atoms with van der Waals surface area (Å²) in [5, 5.41) is 7.07. The third-order valence-corrected chi connectivity index (χ3v) is 2.16. The van der Waals surface area contributed by atoms with Gasteiger partial charge in [0.1, 0.15) is 0 Å². The van der Waals surface area contributed by atoms with E-state index in [1.54, 1.807) is 6.92 Å². The summed E-state index contributed by atoms with van der Waals surface area (Å²) < 4.78 is 4.88. The number of anilines is 2. The standard InChI is InChI=1S/C11H14N4O/c1-8-14-11(15-16-8)6-7-13-10-4-2-9(12)3-5-10/h2-5,13H,6-7,12H2,1H3. The van der Waals surface area contributed by atoms with Gasteiger partial charge < -0.3 is 15.6 Å². The van der Waals surface area contributed by atoms with Gasteiger partial charge in [0.2, 0.25) is 5.89 Å². The lowest BCUT2D eigenvalue weighted by molar-refractivity contribution is 0.387. The van der Waals surface area contributed by atoms with E-state index in [9.17, 15) is 0 Å². The van der Waals surface area contributed by atoms with Gasteiger partial charge in [-0.25, -0.2) is 0 Å². The van der Waals surface area contributed by atoms with E-state index in [1.165, 1.54) is 0 Å². The number of rotatable bonds is 4. The molecular formula is C11H14N4O. The average molecular weight is 218 g/mol. The molecule has 0 spiro atoms. The Balaban J connectivity index is 1.82. The second kappa shape index (κ2) is 4.65. The third kappa shape index (κ3) is 2.73. The molecule has 0 saturated carbocycles. The van der Waals surface area contributed by atoms with Crippen LogP contribution in [-0.4, -0.2) is 16.7 Å². The number of nitrogens with one attached hydrogen (secondary N) is 1. The van der Waals surface area contributed by atoms with Crippen LogP contribution in [0.2, 0.25) is 0 Å². The molecule has 0 atom stereocenters. The fraction of sp³-hybridized carbons (Fsp3) is 0.273. The molecule has 0 aliphatic heterocycles. The summed E-state index contributed by atoms with van der Waals surface area (Å²) in [5.41, 5.74) is 7.39. The number of hydrogen-bond acceptors (Lipinski definition) is 5. The van der Waals surface area contributed by atoms with Gasteiger partial charge in [-0.2, -0.15) is 4.98 Å². The molecule has 0 aliphatic carbocycles. The lowest BCUT2D eigenvalue weighted by Gasteiger charge is -2.04. The van der Waals surface area contributed by atoms with Crippen molar-refractivity contribution < 1.29 is 4.52 Å². The summed E-state index contributed by atoms with van der Waals surface area (Å²) in [6.07, 6.45) is 0.738. The molecule has 0 saturated heterocycles. The summed E-state index contributed by atoms with van der Waals surface area (Å²) in [6, 6.07) is 7.61. The van der Waals surface area contributed by atoms with E-state index in [2.05, 4.69) is 15.5 Å². The molecule has 1 aromatic heterocycles. The lowest BCUT2D eigenvalue weighted by Crippen LogP contribution is -2.05. The molecule has 84 valence electrons. The predicted molar refractivity (Wildman–Crippen MR) is 62.1 cm³/mol. The van der Waals surface area contributed by atoms with Crippen molar-refractivity contribution in [3.8, 4) is 0 Å². The monoisotopic (exact) mass is 218 g/mol. The topological polar surface area (TPSA) is 77.0 Å². The number of nitrogen functional groups attached to an aromatic ring is 1. The molecule has 2 rings (SSSR count). The van der Waals surface area contributed by atoms with Crippen molar-refractivity contribution in [3.63, 3.8) is 0 Å². The Morgan fingerprint density at radius 1 is 1.31 bits per heavy atom. The highest BCUT2D eigenvalue weighted by Crippen LogP contribution is 2.10. The van der Waals surface area contributed by atoms with Crippen LogP contribution in [0.1, 0.15) is 11.7 Å². The Bertz CT molecular complexity index is 449. The number of nitrogens with zero attached hydrogens (tertiary/aromatic N) is 2. The van der Waals surface area contributed by atoms with Crippen molar-refractivity contribution >= 4 is 11.4 Å². The number of benzene rings is 1. The minimum absolute atomic E-state index is 0.600. The molecule has 0 aliphatic rings. The first-order valence-corrected chi connectivity index (χ1v) is 5.12. The molecule has 2 aromatic rings. The van der Waals surface area contributed by atoms with Gasteiger partial charge in [-0.15, -0.1) is 0 Å². The first-order valence-electron chi connectivity index (χ1n) is 5.12. The second-order valence-corrected chi connectivity index (χ2v) is 3.53. The summed E-state index contributed by atoms with van der Waals surface area (Å²) in [5.74, 6) is 1.32. The minimum atomic E-state index is 0.600. The van der Waals surface area contributed by atoms with Gasteiger partial charge in [0.05, 0.1) is 0 Å². The first kappa shape index (κ1) is 10.5. The molecule has 0 amide bonds. The van der Waals surface area contributed by atoms with E-state index in [1.807, 2.05) is 24.3 Å². The molecule has 5 nitrogen and oxygen atoms in total. The largest absolute Gasteiger partial charge is 0.399 e. The number of nitrogens with two attached hydrogens (primary N) is 1. The van der Waals surface area contributed by atoms with Gasteiger partial charge in [0.15, 0.2) is 5.82 Å². The highest BCUT2D eigenvalue weighted by atomic mass is 16.5. The third-order valence-electron chi connectivity index (χ3n) is 2.16. The summed E-state index contributed by atoms with van der Waals surface area (Å²) >= 11 is 0. The van der Waals surface area contributed by atoms with Crippen LogP contribution in [0.25, 0.3) is 0 Å². The average Bonchev–Trinajstić information content (AvgIpc) is 2.67. The molecule has 0 radical (unpaired) electrons. The Kier molecular flexibility index (Phi) is 3.05. The molecule has 3 N–H and O–H groups in total. The zero-order valence-corrected chi connectivity index (χ0v) is 9.10. The summed E-state index contributed by atoms with van der Waals surface area (Å²) in [7, 11) is 0. The van der Waals surface area contributed by atoms with Gasteiger partial charge >= 0.3 is 0 Å². The van der Waals surface area contributed by atoms with E-state index in [-0.39, 0.29) is 0 Å². The molecule has 5 heteroatoms. The normalized spacial score (nSPS) is 10.3. The van der Waals surface area contributed by atoms with Crippen LogP contribution in [-0.2, 0) is 6.42 Å². The van der Waals surface area contributed by atoms with Crippen molar-refractivity contribution in [3.05, 3.63) is 36.0 Å². The van der Waals surface area contributed by atoms with E-state index in [0.717, 1.165) is 30.2 Å². The quantitative estimate of drug-likeness (QED) is 0.762. The van der Waals surface area contributed by atoms with E-state index >= 15 is 0 Å². The van der Waals surface area contributed by atoms with Crippen LogP contribution >= 0.6 is 0 Å². The molecule has 0 bridgehead atoms. The zero-order chi connectivity index (χ0) is 11.4. The van der Waals surface area contributed by atoms with Crippen LogP contribution in [0.15, 0.2) is 28.8 Å². The van der Waals surface area contributed by atoms with Crippen molar-refractivity contribution in [2.24, 2.45) is 0 Å². The van der Waals surface area contributed by atoms with Crippen LogP contribution < -0.4 is 11.1 Å². The molecular weight excluding hydrogens is 204 g/mol. The number of aryl methyl sites for hydroxylation is 1. The molecule has 0 fully saturated rings. The Morgan fingerprint density at radius 2 is 2.06 bits per heavy atom. The molecule has 16 heavy (non-hydrogen) atoms.